The van der Waals surface area contributed by atoms with Gasteiger partial charge in [0, 0.05) is 25.2 Å². The highest BCUT2D eigenvalue weighted by atomic mass is 19.4. The molecule has 0 saturated heterocycles. The zero-order valence-corrected chi connectivity index (χ0v) is 22.7. The molecule has 0 radical (unpaired) electrons. The van der Waals surface area contributed by atoms with E-state index in [4.69, 9.17) is 4.74 Å². The predicted molar refractivity (Wildman–Crippen MR) is 136 cm³/mol. The maximum atomic E-state index is 13.7. The lowest BCUT2D eigenvalue weighted by molar-refractivity contribution is -0.385. The molecule has 1 atom stereocenters. The number of rotatable bonds is 5. The Bertz CT molecular complexity index is 1560. The summed E-state index contributed by atoms with van der Waals surface area (Å²) in [5.74, 6) is -0.395. The number of halogens is 6. The van der Waals surface area contributed by atoms with Crippen LogP contribution in [0, 0.1) is 10.1 Å². The topological polar surface area (TPSA) is 128 Å². The SMILES string of the molecule is C[C@@H](Nc1nc(C(F)(F)F)cn2nc(C3=CCN(C(=O)OC(C)(C)C)CC3)nc12)c1cc([N+](=O)[O-])cc(C(F)(F)F)c1. The van der Waals surface area contributed by atoms with E-state index in [1.165, 1.54) is 11.8 Å². The fraction of sp³-hybridized carbons (Fsp3) is 0.440. The maximum absolute atomic E-state index is 13.7. The van der Waals surface area contributed by atoms with Gasteiger partial charge in [-0.25, -0.2) is 19.3 Å². The summed E-state index contributed by atoms with van der Waals surface area (Å²) in [5, 5.41) is 18.0. The molecule has 1 amide bonds. The van der Waals surface area contributed by atoms with Gasteiger partial charge < -0.3 is 15.0 Å². The minimum atomic E-state index is -4.91. The summed E-state index contributed by atoms with van der Waals surface area (Å²) >= 11 is 0. The van der Waals surface area contributed by atoms with Crippen LogP contribution in [-0.4, -0.2) is 54.2 Å². The number of nitrogens with zero attached hydrogens (tertiary/aromatic N) is 6. The van der Waals surface area contributed by atoms with Crippen molar-refractivity contribution in [2.45, 2.75) is 58.1 Å². The van der Waals surface area contributed by atoms with E-state index in [9.17, 15) is 41.3 Å². The third-order valence-electron chi connectivity index (χ3n) is 6.09. The molecule has 1 N–H and O–H groups in total. The number of alkyl halides is 6. The van der Waals surface area contributed by atoms with Gasteiger partial charge in [-0.3, -0.25) is 10.1 Å². The molecule has 0 unspecified atom stereocenters. The molecule has 1 aliphatic heterocycles. The van der Waals surface area contributed by atoms with Crippen molar-refractivity contribution in [2.75, 3.05) is 18.4 Å². The van der Waals surface area contributed by atoms with Crippen molar-refractivity contribution >= 4 is 28.8 Å². The Balaban J connectivity index is 1.69. The average molecular weight is 602 g/mol. The summed E-state index contributed by atoms with van der Waals surface area (Å²) in [6.07, 6.45) is -7.83. The maximum Gasteiger partial charge on any atom is 0.434 e. The van der Waals surface area contributed by atoms with Gasteiger partial charge >= 0.3 is 18.4 Å². The Morgan fingerprint density at radius 3 is 2.33 bits per heavy atom. The molecule has 226 valence electrons. The number of amides is 1. The molecule has 1 aromatic carbocycles. The Labute approximate surface area is 234 Å². The van der Waals surface area contributed by atoms with E-state index in [1.54, 1.807) is 26.8 Å². The van der Waals surface area contributed by atoms with Gasteiger partial charge in [0.15, 0.2) is 23.0 Å². The lowest BCUT2D eigenvalue weighted by Gasteiger charge is -2.29. The number of carbonyl (C=O) groups is 1. The van der Waals surface area contributed by atoms with Gasteiger partial charge in [0.2, 0.25) is 0 Å². The Morgan fingerprint density at radius 1 is 1.10 bits per heavy atom. The molecule has 3 aromatic rings. The van der Waals surface area contributed by atoms with Crippen molar-refractivity contribution in [3.8, 4) is 0 Å². The molecule has 2 aromatic heterocycles. The van der Waals surface area contributed by atoms with E-state index in [0.29, 0.717) is 23.9 Å². The highest BCUT2D eigenvalue weighted by molar-refractivity contribution is 5.72. The number of aromatic nitrogens is 4. The molecule has 1 aliphatic rings. The molecule has 17 heteroatoms. The molecular formula is C25H25F6N7O4. The number of ether oxygens (including phenoxy) is 1. The van der Waals surface area contributed by atoms with E-state index >= 15 is 0 Å². The number of fused-ring (bicyclic) bond motifs is 1. The van der Waals surface area contributed by atoms with Crippen LogP contribution in [0.15, 0.2) is 30.5 Å². The van der Waals surface area contributed by atoms with Gasteiger partial charge in [-0.05, 0) is 51.3 Å². The quantitative estimate of drug-likeness (QED) is 0.206. The molecule has 0 saturated carbocycles. The number of carbonyl (C=O) groups excluding carboxylic acids is 1. The van der Waals surface area contributed by atoms with Gasteiger partial charge in [-0.15, -0.1) is 5.10 Å². The lowest BCUT2D eigenvalue weighted by Crippen LogP contribution is -2.39. The highest BCUT2D eigenvalue weighted by Gasteiger charge is 2.36. The molecule has 42 heavy (non-hydrogen) atoms. The Kier molecular flexibility index (Phi) is 7.82. The van der Waals surface area contributed by atoms with Gasteiger partial charge in [0.1, 0.15) is 5.60 Å². The summed E-state index contributed by atoms with van der Waals surface area (Å²) in [6, 6.07) is 0.746. The summed E-state index contributed by atoms with van der Waals surface area (Å²) < 4.78 is 87.3. The van der Waals surface area contributed by atoms with E-state index < -0.39 is 57.8 Å². The Hall–Kier alpha value is -4.44. The number of nitro benzene ring substituents is 1. The number of nitrogens with one attached hydrogen (secondary N) is 1. The minimum Gasteiger partial charge on any atom is -0.444 e. The molecule has 0 bridgehead atoms. The smallest absolute Gasteiger partial charge is 0.434 e. The monoisotopic (exact) mass is 601 g/mol. The first-order valence-corrected chi connectivity index (χ1v) is 12.5. The largest absolute Gasteiger partial charge is 0.444 e. The van der Waals surface area contributed by atoms with Crippen molar-refractivity contribution in [2.24, 2.45) is 0 Å². The van der Waals surface area contributed by atoms with Crippen LogP contribution in [-0.2, 0) is 17.1 Å². The van der Waals surface area contributed by atoms with Crippen molar-refractivity contribution in [3.05, 3.63) is 63.2 Å². The van der Waals surface area contributed by atoms with Crippen molar-refractivity contribution in [3.63, 3.8) is 0 Å². The molecule has 0 fully saturated rings. The number of nitro groups is 1. The summed E-state index contributed by atoms with van der Waals surface area (Å²) in [6.45, 7) is 6.85. The Morgan fingerprint density at radius 2 is 1.79 bits per heavy atom. The van der Waals surface area contributed by atoms with Crippen molar-refractivity contribution in [1.29, 1.82) is 0 Å². The molecule has 3 heterocycles. The molecule has 11 nitrogen and oxygen atoms in total. The third kappa shape index (κ3) is 6.88. The van der Waals surface area contributed by atoms with Crippen LogP contribution in [0.3, 0.4) is 0 Å². The molecule has 0 aliphatic carbocycles. The summed E-state index contributed by atoms with van der Waals surface area (Å²) in [7, 11) is 0. The highest BCUT2D eigenvalue weighted by Crippen LogP contribution is 2.36. The number of anilines is 1. The van der Waals surface area contributed by atoms with Gasteiger partial charge in [0.05, 0.1) is 22.7 Å². The first-order chi connectivity index (χ1) is 19.3. The van der Waals surface area contributed by atoms with Crippen LogP contribution in [0.2, 0.25) is 0 Å². The average Bonchev–Trinajstić information content (AvgIpc) is 3.31. The molecular weight excluding hydrogens is 576 g/mol. The van der Waals surface area contributed by atoms with Gasteiger partial charge in [0.25, 0.3) is 5.69 Å². The van der Waals surface area contributed by atoms with Crippen LogP contribution in [0.4, 0.5) is 42.6 Å². The summed E-state index contributed by atoms with van der Waals surface area (Å²) in [4.78, 5) is 31.9. The van der Waals surface area contributed by atoms with Crippen LogP contribution < -0.4 is 5.32 Å². The normalized spacial score (nSPS) is 15.4. The van der Waals surface area contributed by atoms with E-state index in [-0.39, 0.29) is 36.5 Å². The summed E-state index contributed by atoms with van der Waals surface area (Å²) in [5.41, 5.74) is -4.04. The second-order valence-corrected chi connectivity index (χ2v) is 10.5. The number of benzene rings is 1. The number of non-ortho nitro benzene ring substituents is 1. The first kappa shape index (κ1) is 30.5. The lowest BCUT2D eigenvalue weighted by atomic mass is 10.0. The zero-order chi connectivity index (χ0) is 31.2. The second kappa shape index (κ2) is 10.8. The van der Waals surface area contributed by atoms with E-state index in [2.05, 4.69) is 20.4 Å². The number of hydrogen-bond donors (Lipinski definition) is 1. The van der Waals surface area contributed by atoms with Crippen LogP contribution in [0.1, 0.15) is 62.8 Å². The van der Waals surface area contributed by atoms with Crippen molar-refractivity contribution < 1.29 is 40.8 Å². The second-order valence-electron chi connectivity index (χ2n) is 10.5. The fourth-order valence-electron chi connectivity index (χ4n) is 4.07. The van der Waals surface area contributed by atoms with Crippen LogP contribution >= 0.6 is 0 Å². The molecule has 4 rings (SSSR count). The zero-order valence-electron chi connectivity index (χ0n) is 22.7. The standard InChI is InChI=1S/C25H25F6N7O4/c1-13(15-9-16(24(26,27)28)11-17(10-15)38(40)41)32-20-21-34-19(35-37(21)12-18(33-20)25(29,30)31)14-5-7-36(8-6-14)22(39)42-23(2,3)4/h5,9-13H,6-8H2,1-4H3,(H,32,33)/t13-/m1/s1. The van der Waals surface area contributed by atoms with E-state index in [0.717, 1.165) is 10.6 Å². The molecule has 0 spiro atoms. The number of hydrogen-bond acceptors (Lipinski definition) is 8. The van der Waals surface area contributed by atoms with Crippen LogP contribution in [0.5, 0.6) is 0 Å². The third-order valence-corrected chi connectivity index (χ3v) is 6.09. The van der Waals surface area contributed by atoms with E-state index in [1.807, 2.05) is 0 Å². The predicted octanol–water partition coefficient (Wildman–Crippen LogP) is 6.27. The first-order valence-electron chi connectivity index (χ1n) is 12.5. The van der Waals surface area contributed by atoms with Crippen LogP contribution in [0.25, 0.3) is 11.2 Å². The fourth-order valence-corrected chi connectivity index (χ4v) is 4.07. The van der Waals surface area contributed by atoms with Gasteiger partial charge in [-0.2, -0.15) is 26.3 Å². The van der Waals surface area contributed by atoms with Crippen molar-refractivity contribution in [1.82, 2.24) is 24.5 Å². The van der Waals surface area contributed by atoms with Gasteiger partial charge in [-0.1, -0.05) is 6.08 Å². The minimum absolute atomic E-state index is 0.0605.